The number of carbonyl (C=O) groups is 1. The Morgan fingerprint density at radius 3 is 3.00 bits per heavy atom. The van der Waals surface area contributed by atoms with Crippen molar-refractivity contribution in [3.05, 3.63) is 22.7 Å². The lowest BCUT2D eigenvalue weighted by Gasteiger charge is -2.29. The summed E-state index contributed by atoms with van der Waals surface area (Å²) < 4.78 is 7.40. The maximum atomic E-state index is 12.3. The molecule has 1 aromatic carbocycles. The van der Waals surface area contributed by atoms with Gasteiger partial charge in [-0.2, -0.15) is 0 Å². The molecule has 2 aromatic rings. The Hall–Kier alpha value is -1.18. The van der Waals surface area contributed by atoms with Crippen LogP contribution in [-0.2, 0) is 9.53 Å². The summed E-state index contributed by atoms with van der Waals surface area (Å²) in [5, 5.41) is 3.98. The van der Waals surface area contributed by atoms with E-state index in [9.17, 15) is 4.79 Å². The number of morpholine rings is 1. The molecular weight excluding hydrogens is 354 g/mol. The summed E-state index contributed by atoms with van der Waals surface area (Å²) in [6.07, 6.45) is 0. The molecule has 1 fully saturated rings. The molecule has 0 saturated carbocycles. The molecule has 5 nitrogen and oxygen atoms in total. The lowest BCUT2D eigenvalue weighted by atomic mass is 10.2. The Bertz CT molecular complexity index is 655. The van der Waals surface area contributed by atoms with Crippen LogP contribution in [0.4, 0.5) is 5.13 Å². The molecular formula is C14H16BrN3O2S. The molecule has 3 rings (SSSR count). The smallest absolute Gasteiger partial charge is 0.244 e. The summed E-state index contributed by atoms with van der Waals surface area (Å²) in [5.41, 5.74) is 0.941. The number of fused-ring (bicyclic) bond motifs is 1. The number of benzene rings is 1. The molecule has 1 aromatic heterocycles. The molecule has 1 saturated heterocycles. The van der Waals surface area contributed by atoms with E-state index in [4.69, 9.17) is 4.74 Å². The summed E-state index contributed by atoms with van der Waals surface area (Å²) >= 11 is 5.01. The molecule has 0 spiro atoms. The van der Waals surface area contributed by atoms with Gasteiger partial charge in [0.15, 0.2) is 5.13 Å². The number of nitrogens with zero attached hydrogens (tertiary/aromatic N) is 2. The summed E-state index contributed by atoms with van der Waals surface area (Å²) in [6.45, 7) is 4.44. The molecule has 0 bridgehead atoms. The molecule has 1 aliphatic heterocycles. The van der Waals surface area contributed by atoms with E-state index >= 15 is 0 Å². The number of rotatable bonds is 3. The fourth-order valence-corrected chi connectivity index (χ4v) is 3.77. The molecule has 1 unspecified atom stereocenters. The highest BCUT2D eigenvalue weighted by Gasteiger charge is 2.23. The third kappa shape index (κ3) is 3.36. The molecule has 1 atom stereocenters. The summed E-state index contributed by atoms with van der Waals surface area (Å²) in [7, 11) is 0. The third-order valence-electron chi connectivity index (χ3n) is 3.38. The minimum absolute atomic E-state index is 0.0961. The molecule has 0 aliphatic carbocycles. The van der Waals surface area contributed by atoms with Crippen LogP contribution in [-0.4, -0.2) is 48.1 Å². The number of amides is 1. The molecule has 112 valence electrons. The topological polar surface area (TPSA) is 54.5 Å². The van der Waals surface area contributed by atoms with E-state index in [1.54, 1.807) is 11.3 Å². The second kappa shape index (κ2) is 6.29. The van der Waals surface area contributed by atoms with Gasteiger partial charge in [0, 0.05) is 17.6 Å². The van der Waals surface area contributed by atoms with Crippen LogP contribution in [0, 0.1) is 0 Å². The first kappa shape index (κ1) is 14.7. The number of anilines is 1. The van der Waals surface area contributed by atoms with Gasteiger partial charge in [-0.3, -0.25) is 4.79 Å². The SMILES string of the molecule is CC(Nc1nc2ccc(Br)cc2s1)C(=O)N1CCOCC1. The van der Waals surface area contributed by atoms with Crippen LogP contribution >= 0.6 is 27.3 Å². The van der Waals surface area contributed by atoms with E-state index in [0.717, 1.165) is 19.8 Å². The van der Waals surface area contributed by atoms with Gasteiger partial charge in [-0.15, -0.1) is 0 Å². The number of ether oxygens (including phenoxy) is 1. The Labute approximate surface area is 135 Å². The fourth-order valence-electron chi connectivity index (χ4n) is 2.26. The predicted octanol–water partition coefficient (Wildman–Crippen LogP) is 2.72. The number of hydrogen-bond acceptors (Lipinski definition) is 5. The molecule has 1 aliphatic rings. The average Bonchev–Trinajstić information content (AvgIpc) is 2.88. The number of aromatic nitrogens is 1. The Morgan fingerprint density at radius 1 is 1.48 bits per heavy atom. The van der Waals surface area contributed by atoms with Crippen LogP contribution in [0.3, 0.4) is 0 Å². The molecule has 21 heavy (non-hydrogen) atoms. The maximum Gasteiger partial charge on any atom is 0.244 e. The molecule has 1 amide bonds. The number of nitrogens with one attached hydrogen (secondary N) is 1. The maximum absolute atomic E-state index is 12.3. The predicted molar refractivity (Wildman–Crippen MR) is 87.8 cm³/mol. The van der Waals surface area contributed by atoms with Crippen molar-refractivity contribution in [2.45, 2.75) is 13.0 Å². The van der Waals surface area contributed by atoms with Crippen molar-refractivity contribution < 1.29 is 9.53 Å². The van der Waals surface area contributed by atoms with Gasteiger partial charge in [-0.05, 0) is 25.1 Å². The Balaban J connectivity index is 1.70. The van der Waals surface area contributed by atoms with Crippen LogP contribution in [0.1, 0.15) is 6.92 Å². The lowest BCUT2D eigenvalue weighted by Crippen LogP contribution is -2.46. The van der Waals surface area contributed by atoms with E-state index in [1.165, 1.54) is 0 Å². The number of halogens is 1. The van der Waals surface area contributed by atoms with Gasteiger partial charge in [0.05, 0.1) is 23.4 Å². The Kier molecular flexibility index (Phi) is 4.42. The van der Waals surface area contributed by atoms with Gasteiger partial charge in [-0.1, -0.05) is 27.3 Å². The second-order valence-corrected chi connectivity index (χ2v) is 6.88. The highest BCUT2D eigenvalue weighted by atomic mass is 79.9. The lowest BCUT2D eigenvalue weighted by molar-refractivity contribution is -0.135. The normalized spacial score (nSPS) is 17.0. The van der Waals surface area contributed by atoms with Gasteiger partial charge < -0.3 is 15.0 Å². The van der Waals surface area contributed by atoms with E-state index in [-0.39, 0.29) is 11.9 Å². The first-order valence-electron chi connectivity index (χ1n) is 6.82. The van der Waals surface area contributed by atoms with E-state index in [2.05, 4.69) is 26.2 Å². The minimum atomic E-state index is -0.285. The first-order valence-corrected chi connectivity index (χ1v) is 8.43. The standard InChI is InChI=1S/C14H16BrN3O2S/c1-9(13(19)18-4-6-20-7-5-18)16-14-17-11-3-2-10(15)8-12(11)21-14/h2-3,8-9H,4-7H2,1H3,(H,16,17). The van der Waals surface area contributed by atoms with Crippen molar-refractivity contribution in [3.8, 4) is 0 Å². The number of thiazole rings is 1. The van der Waals surface area contributed by atoms with E-state index in [1.807, 2.05) is 30.0 Å². The van der Waals surface area contributed by atoms with Crippen LogP contribution in [0.2, 0.25) is 0 Å². The van der Waals surface area contributed by atoms with Crippen LogP contribution in [0.5, 0.6) is 0 Å². The van der Waals surface area contributed by atoms with Gasteiger partial charge in [0.25, 0.3) is 0 Å². The monoisotopic (exact) mass is 369 g/mol. The largest absolute Gasteiger partial charge is 0.378 e. The number of carbonyl (C=O) groups excluding carboxylic acids is 1. The molecule has 2 heterocycles. The van der Waals surface area contributed by atoms with Gasteiger partial charge in [0.1, 0.15) is 6.04 Å². The van der Waals surface area contributed by atoms with Crippen LogP contribution < -0.4 is 5.32 Å². The number of hydrogen-bond donors (Lipinski definition) is 1. The zero-order valence-electron chi connectivity index (χ0n) is 11.6. The summed E-state index contributed by atoms with van der Waals surface area (Å²) in [4.78, 5) is 18.7. The highest BCUT2D eigenvalue weighted by molar-refractivity contribution is 9.10. The van der Waals surface area contributed by atoms with Crippen molar-refractivity contribution in [2.75, 3.05) is 31.6 Å². The molecule has 1 N–H and O–H groups in total. The summed E-state index contributed by atoms with van der Waals surface area (Å²) in [5.74, 6) is 0.0961. The quantitative estimate of drug-likeness (QED) is 0.903. The zero-order chi connectivity index (χ0) is 14.8. The van der Waals surface area contributed by atoms with Crippen molar-refractivity contribution in [1.29, 1.82) is 0 Å². The van der Waals surface area contributed by atoms with Crippen molar-refractivity contribution in [1.82, 2.24) is 9.88 Å². The fraction of sp³-hybridized carbons (Fsp3) is 0.429. The Morgan fingerprint density at radius 2 is 2.24 bits per heavy atom. The van der Waals surface area contributed by atoms with Crippen LogP contribution in [0.15, 0.2) is 22.7 Å². The first-order chi connectivity index (χ1) is 10.1. The van der Waals surface area contributed by atoms with Gasteiger partial charge in [0.2, 0.25) is 5.91 Å². The second-order valence-electron chi connectivity index (χ2n) is 4.93. The van der Waals surface area contributed by atoms with Crippen molar-refractivity contribution in [3.63, 3.8) is 0 Å². The van der Waals surface area contributed by atoms with Crippen molar-refractivity contribution >= 4 is 48.5 Å². The summed E-state index contributed by atoms with van der Waals surface area (Å²) in [6, 6.07) is 5.68. The van der Waals surface area contributed by atoms with Crippen LogP contribution in [0.25, 0.3) is 10.2 Å². The zero-order valence-corrected chi connectivity index (χ0v) is 14.0. The van der Waals surface area contributed by atoms with Crippen molar-refractivity contribution in [2.24, 2.45) is 0 Å². The molecule has 7 heteroatoms. The average molecular weight is 370 g/mol. The van der Waals surface area contributed by atoms with E-state index < -0.39 is 0 Å². The molecule has 0 radical (unpaired) electrons. The minimum Gasteiger partial charge on any atom is -0.378 e. The van der Waals surface area contributed by atoms with E-state index in [0.29, 0.717) is 26.3 Å². The van der Waals surface area contributed by atoms with Gasteiger partial charge >= 0.3 is 0 Å². The highest BCUT2D eigenvalue weighted by Crippen LogP contribution is 2.28. The third-order valence-corrected chi connectivity index (χ3v) is 4.83. The van der Waals surface area contributed by atoms with Gasteiger partial charge in [-0.25, -0.2) is 4.98 Å².